The van der Waals surface area contributed by atoms with E-state index < -0.39 is 13.2 Å². The predicted molar refractivity (Wildman–Crippen MR) is 140 cm³/mol. The summed E-state index contributed by atoms with van der Waals surface area (Å²) < 4.78 is 21.2. The molecular weight excluding hydrogens is 431 g/mol. The summed E-state index contributed by atoms with van der Waals surface area (Å²) in [4.78, 5) is 4.01. The molecule has 1 N–H and O–H groups in total. The van der Waals surface area contributed by atoms with Gasteiger partial charge >= 0.3 is 0 Å². The molecule has 0 amide bonds. The second-order valence-electron chi connectivity index (χ2n) is 10.3. The maximum absolute atomic E-state index is 14.7. The monoisotopic (exact) mass is 472 g/mol. The molecule has 5 nitrogen and oxygen atoms in total. The summed E-state index contributed by atoms with van der Waals surface area (Å²) in [6.45, 7) is 6.66. The Balaban J connectivity index is 2.02. The van der Waals surface area contributed by atoms with Gasteiger partial charge in [0.25, 0.3) is 7.37 Å². The number of rotatable bonds is 8. The van der Waals surface area contributed by atoms with Crippen LogP contribution < -0.4 is 15.1 Å². The molecule has 6 heteroatoms. The van der Waals surface area contributed by atoms with Crippen molar-refractivity contribution < 1.29 is 14.2 Å². The van der Waals surface area contributed by atoms with Gasteiger partial charge in [0.05, 0.1) is 6.10 Å². The molecule has 2 aromatic rings. The van der Waals surface area contributed by atoms with E-state index in [-0.39, 0.29) is 6.10 Å². The van der Waals surface area contributed by atoms with Crippen molar-refractivity contribution in [3.8, 4) is 0 Å². The van der Waals surface area contributed by atoms with Gasteiger partial charge in [0, 0.05) is 44.9 Å². The van der Waals surface area contributed by atoms with E-state index in [1.807, 2.05) is 86.5 Å². The largest absolute Gasteiger partial charge is 0.378 e. The lowest BCUT2D eigenvalue weighted by atomic mass is 9.75. The Morgan fingerprint density at radius 3 is 1.91 bits per heavy atom. The van der Waals surface area contributed by atoms with Gasteiger partial charge in [0.2, 0.25) is 0 Å². The Kier molecular flexibility index (Phi) is 8.31. The highest BCUT2D eigenvalue weighted by Gasteiger charge is 2.42. The first kappa shape index (κ1) is 25.8. The molecule has 0 heterocycles. The van der Waals surface area contributed by atoms with Gasteiger partial charge in [-0.25, -0.2) is 0 Å². The van der Waals surface area contributed by atoms with Crippen LogP contribution >= 0.6 is 7.37 Å². The Hall–Kier alpha value is -1.81. The van der Waals surface area contributed by atoms with Crippen molar-refractivity contribution in [2.75, 3.05) is 38.0 Å². The van der Waals surface area contributed by atoms with E-state index in [1.54, 1.807) is 0 Å². The van der Waals surface area contributed by atoms with Crippen LogP contribution in [-0.2, 0) is 9.09 Å². The molecule has 0 aromatic heterocycles. The molecular formula is C27H41N2O3P. The van der Waals surface area contributed by atoms with Crippen LogP contribution in [0.1, 0.15) is 51.4 Å². The van der Waals surface area contributed by atoms with Gasteiger partial charge in [0.15, 0.2) is 5.85 Å². The standard InChI is InChI=1S/C27H41N2O3P/c1-19(2)25-17-8-20(3)18-26(25)32-33(31,24-15-13-23(14-16-24)29(6)7)27(30)21-9-11-22(12-10-21)28(4)5/h9-16,19-20,25-27,30H,8,17-18H2,1-7H3/t20-,25-,26+,27-,33+/m0/s1. The fraction of sp³-hybridized carbons (Fsp3) is 0.556. The van der Waals surface area contributed by atoms with Crippen molar-refractivity contribution in [1.82, 2.24) is 0 Å². The first-order valence-corrected chi connectivity index (χ1v) is 13.7. The first-order chi connectivity index (χ1) is 15.5. The van der Waals surface area contributed by atoms with Gasteiger partial charge in [-0.1, -0.05) is 39.3 Å². The highest BCUT2D eigenvalue weighted by atomic mass is 31.2. The van der Waals surface area contributed by atoms with Crippen molar-refractivity contribution >= 4 is 24.0 Å². The van der Waals surface area contributed by atoms with Gasteiger partial charge in [-0.3, -0.25) is 4.57 Å². The Morgan fingerprint density at radius 1 is 0.909 bits per heavy atom. The average Bonchev–Trinajstić information content (AvgIpc) is 2.78. The summed E-state index contributed by atoms with van der Waals surface area (Å²) in [6.07, 6.45) is 2.97. The third kappa shape index (κ3) is 5.82. The van der Waals surface area contributed by atoms with Crippen LogP contribution in [0.2, 0.25) is 0 Å². The van der Waals surface area contributed by atoms with Crippen LogP contribution in [0.15, 0.2) is 48.5 Å². The summed E-state index contributed by atoms with van der Waals surface area (Å²) in [5, 5.41) is 12.1. The van der Waals surface area contributed by atoms with Crippen LogP contribution in [0.4, 0.5) is 11.4 Å². The molecule has 0 saturated heterocycles. The lowest BCUT2D eigenvalue weighted by Crippen LogP contribution is -2.35. The molecule has 1 aliphatic rings. The molecule has 0 bridgehead atoms. The van der Waals surface area contributed by atoms with Crippen molar-refractivity contribution in [3.63, 3.8) is 0 Å². The number of hydrogen-bond donors (Lipinski definition) is 1. The Labute approximate surface area is 200 Å². The van der Waals surface area contributed by atoms with E-state index in [4.69, 9.17) is 4.52 Å². The average molecular weight is 473 g/mol. The fourth-order valence-electron chi connectivity index (χ4n) is 4.80. The van der Waals surface area contributed by atoms with Crippen LogP contribution in [0, 0.1) is 17.8 Å². The number of aliphatic hydroxyl groups is 1. The zero-order valence-corrected chi connectivity index (χ0v) is 22.1. The zero-order chi connectivity index (χ0) is 24.3. The predicted octanol–water partition coefficient (Wildman–Crippen LogP) is 5.89. The summed E-state index contributed by atoms with van der Waals surface area (Å²) >= 11 is 0. The van der Waals surface area contributed by atoms with E-state index in [2.05, 4.69) is 20.8 Å². The van der Waals surface area contributed by atoms with E-state index >= 15 is 0 Å². The van der Waals surface area contributed by atoms with Crippen molar-refractivity contribution in [2.45, 2.75) is 52.0 Å². The lowest BCUT2D eigenvalue weighted by Gasteiger charge is -2.40. The molecule has 1 saturated carbocycles. The lowest BCUT2D eigenvalue weighted by molar-refractivity contribution is 0.0427. The van der Waals surface area contributed by atoms with Gasteiger partial charge in [-0.2, -0.15) is 0 Å². The first-order valence-electron chi connectivity index (χ1n) is 12.0. The molecule has 0 radical (unpaired) electrons. The minimum absolute atomic E-state index is 0.135. The van der Waals surface area contributed by atoms with E-state index in [1.165, 1.54) is 6.42 Å². The molecule has 182 valence electrons. The van der Waals surface area contributed by atoms with Gasteiger partial charge in [-0.05, 0) is 72.6 Å². The third-order valence-electron chi connectivity index (χ3n) is 7.01. The number of nitrogens with zero attached hydrogens (tertiary/aromatic N) is 2. The maximum Gasteiger partial charge on any atom is 0.264 e. The second-order valence-corrected chi connectivity index (χ2v) is 12.7. The Bertz CT molecular complexity index is 941. The Morgan fingerprint density at radius 2 is 1.42 bits per heavy atom. The van der Waals surface area contributed by atoms with Crippen molar-refractivity contribution in [2.24, 2.45) is 17.8 Å². The normalized spacial score (nSPS) is 23.7. The topological polar surface area (TPSA) is 53.0 Å². The van der Waals surface area contributed by atoms with Crippen molar-refractivity contribution in [1.29, 1.82) is 0 Å². The number of aliphatic hydroxyl groups excluding tert-OH is 1. The molecule has 5 atom stereocenters. The molecule has 0 aliphatic heterocycles. The molecule has 3 rings (SSSR count). The smallest absolute Gasteiger partial charge is 0.264 e. The number of anilines is 2. The minimum atomic E-state index is -3.62. The molecule has 0 unspecified atom stereocenters. The number of benzene rings is 2. The minimum Gasteiger partial charge on any atom is -0.378 e. The highest BCUT2D eigenvalue weighted by molar-refractivity contribution is 7.67. The molecule has 0 spiro atoms. The van der Waals surface area contributed by atoms with Gasteiger partial charge < -0.3 is 19.4 Å². The third-order valence-corrected chi connectivity index (χ3v) is 9.55. The van der Waals surface area contributed by atoms with Crippen LogP contribution in [0.5, 0.6) is 0 Å². The molecule has 1 fully saturated rings. The summed E-state index contributed by atoms with van der Waals surface area (Å²) in [6, 6.07) is 15.2. The van der Waals surface area contributed by atoms with Crippen LogP contribution in [0.3, 0.4) is 0 Å². The van der Waals surface area contributed by atoms with E-state index in [0.717, 1.165) is 24.2 Å². The molecule has 33 heavy (non-hydrogen) atoms. The highest BCUT2D eigenvalue weighted by Crippen LogP contribution is 2.60. The van der Waals surface area contributed by atoms with E-state index in [0.29, 0.717) is 28.6 Å². The summed E-state index contributed by atoms with van der Waals surface area (Å²) in [5.41, 5.74) is 2.66. The second kappa shape index (κ2) is 10.6. The molecule has 2 aromatic carbocycles. The molecule has 1 aliphatic carbocycles. The van der Waals surface area contributed by atoms with Crippen LogP contribution in [-0.4, -0.2) is 39.4 Å². The summed E-state index contributed by atoms with van der Waals surface area (Å²) in [7, 11) is 4.28. The van der Waals surface area contributed by atoms with Gasteiger partial charge in [-0.15, -0.1) is 0 Å². The summed E-state index contributed by atoms with van der Waals surface area (Å²) in [5.74, 6) is 0.0672. The quantitative estimate of drug-likeness (QED) is 0.486. The number of hydrogen-bond acceptors (Lipinski definition) is 5. The van der Waals surface area contributed by atoms with Crippen molar-refractivity contribution in [3.05, 3.63) is 54.1 Å². The zero-order valence-electron chi connectivity index (χ0n) is 21.2. The van der Waals surface area contributed by atoms with E-state index in [9.17, 15) is 9.67 Å². The fourth-order valence-corrected chi connectivity index (χ4v) is 7.09. The maximum atomic E-state index is 14.7. The van der Waals surface area contributed by atoms with Gasteiger partial charge in [0.1, 0.15) is 0 Å². The van der Waals surface area contributed by atoms with Crippen LogP contribution in [0.25, 0.3) is 0 Å². The SMILES string of the molecule is CC(C)[C@@H]1CC[C@H](C)C[C@H]1O[P@](=O)(c1ccc(N(C)C)cc1)[C@H](O)c1ccc(N(C)C)cc1.